The van der Waals surface area contributed by atoms with Crippen LogP contribution in [-0.4, -0.2) is 30.4 Å². The molecule has 9 heteroatoms. The largest absolute Gasteiger partial charge is 0.416 e. The second-order valence-electron chi connectivity index (χ2n) is 11.2. The predicted octanol–water partition coefficient (Wildman–Crippen LogP) is 7.53. The van der Waals surface area contributed by atoms with Crippen molar-refractivity contribution in [3.05, 3.63) is 131 Å². The van der Waals surface area contributed by atoms with E-state index in [4.69, 9.17) is 0 Å². The van der Waals surface area contributed by atoms with Gasteiger partial charge in [-0.3, -0.25) is 9.59 Å². The average molecular weight is 636 g/mol. The maximum atomic E-state index is 13.2. The average Bonchev–Trinajstić information content (AvgIpc) is 3.83. The Hall–Kier alpha value is -4.14. The molecule has 5 nitrogen and oxygen atoms in total. The fraction of sp³-hybridized carbons (Fsp3) is 0.278. The Morgan fingerprint density at radius 3 is 2.16 bits per heavy atom. The minimum absolute atomic E-state index is 0. The van der Waals surface area contributed by atoms with Crippen LogP contribution in [0, 0.1) is 0 Å². The lowest BCUT2D eigenvalue weighted by Crippen LogP contribution is -2.46. The van der Waals surface area contributed by atoms with E-state index in [0.717, 1.165) is 42.6 Å². The van der Waals surface area contributed by atoms with E-state index in [0.29, 0.717) is 35.9 Å². The molecule has 1 saturated carbocycles. The third-order valence-corrected chi connectivity index (χ3v) is 7.94. The molecule has 4 aromatic rings. The summed E-state index contributed by atoms with van der Waals surface area (Å²) in [5, 5.41) is 9.15. The van der Waals surface area contributed by atoms with Crippen LogP contribution in [0.25, 0.3) is 11.1 Å². The van der Waals surface area contributed by atoms with E-state index in [-0.39, 0.29) is 24.9 Å². The summed E-state index contributed by atoms with van der Waals surface area (Å²) >= 11 is 0. The predicted molar refractivity (Wildman–Crippen MR) is 173 cm³/mol. The fourth-order valence-corrected chi connectivity index (χ4v) is 5.38. The lowest BCUT2D eigenvalue weighted by atomic mass is 10.0. The van der Waals surface area contributed by atoms with Crippen LogP contribution in [0.2, 0.25) is 0 Å². The van der Waals surface area contributed by atoms with Gasteiger partial charge < -0.3 is 16.0 Å². The molecule has 0 saturated heterocycles. The molecule has 236 valence electrons. The Morgan fingerprint density at radius 1 is 0.800 bits per heavy atom. The molecule has 2 amide bonds. The molecule has 4 aromatic carbocycles. The molecule has 0 heterocycles. The Labute approximate surface area is 268 Å². The van der Waals surface area contributed by atoms with Crippen molar-refractivity contribution < 1.29 is 22.8 Å². The molecule has 0 aromatic heterocycles. The first-order valence-corrected chi connectivity index (χ1v) is 15.0. The molecule has 1 aliphatic carbocycles. The van der Waals surface area contributed by atoms with Crippen molar-refractivity contribution in [3.8, 4) is 11.1 Å². The first-order chi connectivity index (χ1) is 21.3. The number of halogens is 4. The van der Waals surface area contributed by atoms with Crippen molar-refractivity contribution in [1.82, 2.24) is 16.0 Å². The van der Waals surface area contributed by atoms with Gasteiger partial charge in [0.15, 0.2) is 0 Å². The van der Waals surface area contributed by atoms with E-state index in [1.807, 2.05) is 48.5 Å². The standard InChI is InChI=1S/C36H36F3N3O2.ClH/c37-36(38,39)30-15-9-10-25(22-30)24-41-35(44)32(16-7-8-21-40-33-23-31(33)28-13-5-2-6-14-28)42-34(43)29-19-17-27(18-20-29)26-11-3-1-4-12-26;/h1-6,9-15,17-20,22,31-33,40H,7-8,16,21,23-24H2,(H,41,44)(H,42,43);1H/t31-,32?,33+;/m0./s1. The zero-order valence-corrected chi connectivity index (χ0v) is 25.5. The third-order valence-electron chi connectivity index (χ3n) is 7.94. The van der Waals surface area contributed by atoms with Gasteiger partial charge in [0.25, 0.3) is 5.91 Å². The molecular weight excluding hydrogens is 599 g/mol. The Kier molecular flexibility index (Phi) is 11.8. The highest BCUT2D eigenvalue weighted by molar-refractivity contribution is 5.97. The van der Waals surface area contributed by atoms with Gasteiger partial charge in [-0.1, -0.05) is 84.9 Å². The first kappa shape index (κ1) is 33.7. The van der Waals surface area contributed by atoms with Crippen molar-refractivity contribution in [2.75, 3.05) is 6.54 Å². The smallest absolute Gasteiger partial charge is 0.350 e. The second kappa shape index (κ2) is 15.7. The zero-order valence-electron chi connectivity index (χ0n) is 24.7. The number of amides is 2. The number of carbonyl (C=O) groups excluding carboxylic acids is 2. The normalized spacial score (nSPS) is 16.2. The monoisotopic (exact) mass is 635 g/mol. The second-order valence-corrected chi connectivity index (χ2v) is 11.2. The van der Waals surface area contributed by atoms with Gasteiger partial charge in [-0.2, -0.15) is 13.2 Å². The van der Waals surface area contributed by atoms with Crippen molar-refractivity contribution in [3.63, 3.8) is 0 Å². The lowest BCUT2D eigenvalue weighted by Gasteiger charge is -2.19. The molecule has 45 heavy (non-hydrogen) atoms. The third kappa shape index (κ3) is 9.67. The number of carbonyl (C=O) groups is 2. The molecule has 0 spiro atoms. The SMILES string of the molecule is Cl.O=C(NC(CCCCN[C@@H]1C[C@H]1c1ccccc1)C(=O)NCc1cccc(C(F)(F)F)c1)c1ccc(-c2ccccc2)cc1. The lowest BCUT2D eigenvalue weighted by molar-refractivity contribution is -0.137. The van der Waals surface area contributed by atoms with Crippen LogP contribution in [0.5, 0.6) is 0 Å². The van der Waals surface area contributed by atoms with E-state index in [2.05, 4.69) is 40.2 Å². The van der Waals surface area contributed by atoms with Gasteiger partial charge in [0, 0.05) is 24.1 Å². The van der Waals surface area contributed by atoms with E-state index < -0.39 is 23.7 Å². The Bertz CT molecular complexity index is 1530. The molecule has 0 bridgehead atoms. The summed E-state index contributed by atoms with van der Waals surface area (Å²) in [6.07, 6.45) is -1.47. The van der Waals surface area contributed by atoms with E-state index >= 15 is 0 Å². The molecule has 1 fully saturated rings. The molecule has 5 rings (SSSR count). The highest BCUT2D eigenvalue weighted by atomic mass is 35.5. The fourth-order valence-electron chi connectivity index (χ4n) is 5.38. The zero-order chi connectivity index (χ0) is 30.9. The number of rotatable bonds is 13. The van der Waals surface area contributed by atoms with Crippen LogP contribution in [-0.2, 0) is 17.5 Å². The van der Waals surface area contributed by atoms with Gasteiger partial charge >= 0.3 is 6.18 Å². The Morgan fingerprint density at radius 2 is 1.47 bits per heavy atom. The quantitative estimate of drug-likeness (QED) is 0.133. The molecular formula is C36H37ClF3N3O2. The van der Waals surface area contributed by atoms with Crippen LogP contribution in [0.4, 0.5) is 13.2 Å². The number of alkyl halides is 3. The minimum atomic E-state index is -4.47. The summed E-state index contributed by atoms with van der Waals surface area (Å²) in [6, 6.07) is 31.8. The van der Waals surface area contributed by atoms with Gasteiger partial charge in [0.1, 0.15) is 6.04 Å². The Balaban J connectivity index is 0.00000461. The maximum Gasteiger partial charge on any atom is 0.416 e. The molecule has 1 unspecified atom stereocenters. The van der Waals surface area contributed by atoms with Crippen LogP contribution in [0.15, 0.2) is 109 Å². The van der Waals surface area contributed by atoms with Gasteiger partial charge in [-0.05, 0) is 78.7 Å². The van der Waals surface area contributed by atoms with E-state index in [9.17, 15) is 22.8 Å². The number of unbranched alkanes of at least 4 members (excludes halogenated alkanes) is 1. The summed E-state index contributed by atoms with van der Waals surface area (Å²) in [4.78, 5) is 26.4. The molecule has 3 N–H and O–H groups in total. The van der Waals surface area contributed by atoms with Crippen molar-refractivity contribution in [2.45, 2.75) is 56.4 Å². The van der Waals surface area contributed by atoms with Crippen LogP contribution in [0.3, 0.4) is 0 Å². The topological polar surface area (TPSA) is 70.2 Å². The number of hydrogen-bond donors (Lipinski definition) is 3. The van der Waals surface area contributed by atoms with Crippen molar-refractivity contribution in [2.24, 2.45) is 0 Å². The van der Waals surface area contributed by atoms with Crippen LogP contribution < -0.4 is 16.0 Å². The van der Waals surface area contributed by atoms with Gasteiger partial charge in [-0.25, -0.2) is 0 Å². The molecule has 0 aliphatic heterocycles. The van der Waals surface area contributed by atoms with Crippen LogP contribution in [0.1, 0.15) is 58.6 Å². The van der Waals surface area contributed by atoms with Gasteiger partial charge in [0.2, 0.25) is 5.91 Å². The summed E-state index contributed by atoms with van der Waals surface area (Å²) in [6.45, 7) is 0.715. The summed E-state index contributed by atoms with van der Waals surface area (Å²) < 4.78 is 39.4. The van der Waals surface area contributed by atoms with E-state index in [1.54, 1.807) is 12.1 Å². The summed E-state index contributed by atoms with van der Waals surface area (Å²) in [5.41, 5.74) is 3.31. The summed E-state index contributed by atoms with van der Waals surface area (Å²) in [7, 11) is 0. The minimum Gasteiger partial charge on any atom is -0.350 e. The van der Waals surface area contributed by atoms with Gasteiger partial charge in [0.05, 0.1) is 5.56 Å². The number of hydrogen-bond acceptors (Lipinski definition) is 3. The maximum absolute atomic E-state index is 13.2. The highest BCUT2D eigenvalue weighted by Gasteiger charge is 2.37. The first-order valence-electron chi connectivity index (χ1n) is 15.0. The highest BCUT2D eigenvalue weighted by Crippen LogP contribution is 2.40. The number of nitrogens with one attached hydrogen (secondary N) is 3. The number of benzene rings is 4. The van der Waals surface area contributed by atoms with Gasteiger partial charge in [-0.15, -0.1) is 12.4 Å². The van der Waals surface area contributed by atoms with Crippen LogP contribution >= 0.6 is 12.4 Å². The molecule has 0 radical (unpaired) electrons. The van der Waals surface area contributed by atoms with E-state index in [1.165, 1.54) is 17.7 Å². The molecule has 1 aliphatic rings. The molecule has 3 atom stereocenters. The van der Waals surface area contributed by atoms with Crippen molar-refractivity contribution in [1.29, 1.82) is 0 Å². The summed E-state index contributed by atoms with van der Waals surface area (Å²) in [5.74, 6) is -0.292. The van der Waals surface area contributed by atoms with Crippen molar-refractivity contribution >= 4 is 24.2 Å².